The lowest BCUT2D eigenvalue weighted by Crippen LogP contribution is -2.03. The lowest BCUT2D eigenvalue weighted by molar-refractivity contribution is 0.706. The number of aromatic nitrogens is 4. The molecular weight excluding hydrogens is 312 g/mol. The molecule has 0 aromatic carbocycles. The third-order valence-electron chi connectivity index (χ3n) is 3.25. The number of hydrogen-bond acceptors (Lipinski definition) is 3. The van der Waals surface area contributed by atoms with E-state index in [4.69, 9.17) is 23.8 Å². The van der Waals surface area contributed by atoms with E-state index in [1.807, 2.05) is 23.9 Å². The van der Waals surface area contributed by atoms with Gasteiger partial charge in [-0.15, -0.1) is 11.3 Å². The van der Waals surface area contributed by atoms with Crippen LogP contribution >= 0.6 is 35.2 Å². The Kier molecular flexibility index (Phi) is 3.70. The first kappa shape index (κ1) is 13.9. The Morgan fingerprint density at radius 1 is 1.45 bits per heavy atom. The number of H-pyrrole nitrogens is 1. The maximum Gasteiger partial charge on any atom is 0.179 e. The Balaban J connectivity index is 2.10. The van der Waals surface area contributed by atoms with Crippen molar-refractivity contribution < 1.29 is 0 Å². The van der Waals surface area contributed by atoms with Crippen molar-refractivity contribution in [3.63, 3.8) is 0 Å². The van der Waals surface area contributed by atoms with Crippen molar-refractivity contribution >= 4 is 46.3 Å². The van der Waals surface area contributed by atoms with E-state index < -0.39 is 0 Å². The Morgan fingerprint density at radius 2 is 2.25 bits per heavy atom. The Bertz CT molecular complexity index is 808. The number of thiophene rings is 1. The van der Waals surface area contributed by atoms with E-state index in [2.05, 4.69) is 21.6 Å². The molecule has 0 aliphatic heterocycles. The molecule has 3 aromatic rings. The van der Waals surface area contributed by atoms with Crippen LogP contribution in [-0.4, -0.2) is 19.3 Å². The van der Waals surface area contributed by atoms with Crippen LogP contribution in [0, 0.1) is 4.77 Å². The molecule has 0 saturated carbocycles. The van der Waals surface area contributed by atoms with Gasteiger partial charge < -0.3 is 4.98 Å². The fraction of sp³-hybridized carbons (Fsp3) is 0.385. The van der Waals surface area contributed by atoms with Crippen LogP contribution in [0.3, 0.4) is 0 Å². The number of halogens is 1. The Hall–Kier alpha value is -1.11. The average molecular weight is 327 g/mol. The van der Waals surface area contributed by atoms with Gasteiger partial charge in [0.25, 0.3) is 0 Å². The number of nitrogens with one attached hydrogen (secondary N) is 1. The van der Waals surface area contributed by atoms with Crippen LogP contribution in [0.2, 0.25) is 4.34 Å². The summed E-state index contributed by atoms with van der Waals surface area (Å²) >= 11 is 13.0. The van der Waals surface area contributed by atoms with Crippen molar-refractivity contribution in [1.29, 1.82) is 0 Å². The third-order valence-corrected chi connectivity index (χ3v) is 4.79. The van der Waals surface area contributed by atoms with Crippen molar-refractivity contribution in [2.45, 2.75) is 26.3 Å². The van der Waals surface area contributed by atoms with Gasteiger partial charge in [0.1, 0.15) is 5.52 Å². The highest BCUT2D eigenvalue weighted by atomic mass is 35.5. The van der Waals surface area contributed by atoms with E-state index in [0.717, 1.165) is 45.4 Å². The number of imidazole rings is 1. The highest BCUT2D eigenvalue weighted by molar-refractivity contribution is 7.71. The van der Waals surface area contributed by atoms with Crippen molar-refractivity contribution in [2.24, 2.45) is 7.05 Å². The van der Waals surface area contributed by atoms with Crippen molar-refractivity contribution in [3.05, 3.63) is 31.8 Å². The van der Waals surface area contributed by atoms with Crippen LogP contribution in [-0.2, 0) is 20.0 Å². The molecule has 0 fully saturated rings. The molecule has 0 saturated heterocycles. The predicted molar refractivity (Wildman–Crippen MR) is 86.3 cm³/mol. The minimum Gasteiger partial charge on any atom is -0.328 e. The number of aryl methyl sites for hydroxylation is 2. The summed E-state index contributed by atoms with van der Waals surface area (Å²) in [5.41, 5.74) is 3.18. The van der Waals surface area contributed by atoms with Gasteiger partial charge in [0, 0.05) is 11.9 Å². The fourth-order valence-electron chi connectivity index (χ4n) is 2.43. The molecule has 0 spiro atoms. The molecule has 0 bridgehead atoms. The number of nitrogens with zero attached hydrogens (tertiary/aromatic N) is 3. The molecule has 1 N–H and O–H groups in total. The van der Waals surface area contributed by atoms with E-state index >= 15 is 0 Å². The maximum atomic E-state index is 5.99. The van der Waals surface area contributed by atoms with Crippen molar-refractivity contribution in [1.82, 2.24) is 19.3 Å². The van der Waals surface area contributed by atoms with Gasteiger partial charge in [-0.1, -0.05) is 24.9 Å². The quantitative estimate of drug-likeness (QED) is 0.731. The molecule has 3 aromatic heterocycles. The molecule has 0 aliphatic rings. The monoisotopic (exact) mass is 326 g/mol. The van der Waals surface area contributed by atoms with E-state index in [-0.39, 0.29) is 0 Å². The largest absolute Gasteiger partial charge is 0.328 e. The van der Waals surface area contributed by atoms with Gasteiger partial charge in [0.15, 0.2) is 10.4 Å². The molecule has 0 aliphatic carbocycles. The van der Waals surface area contributed by atoms with Crippen molar-refractivity contribution in [2.75, 3.05) is 0 Å². The summed E-state index contributed by atoms with van der Waals surface area (Å²) in [6, 6.07) is 3.96. The van der Waals surface area contributed by atoms with Gasteiger partial charge in [-0.2, -0.15) is 5.10 Å². The van der Waals surface area contributed by atoms with Crippen LogP contribution in [0.1, 0.15) is 23.9 Å². The number of aromatic amines is 1. The zero-order valence-corrected chi connectivity index (χ0v) is 13.7. The molecule has 106 valence electrons. The first-order valence-electron chi connectivity index (χ1n) is 6.48. The summed E-state index contributed by atoms with van der Waals surface area (Å²) in [7, 11) is 1.96. The molecule has 0 atom stereocenters. The number of hydrogen-bond donors (Lipinski definition) is 1. The number of fused-ring (bicyclic) bond motifs is 1. The minimum absolute atomic E-state index is 0.724. The first-order chi connectivity index (χ1) is 9.60. The lowest BCUT2D eigenvalue weighted by Gasteiger charge is -2.02. The molecule has 7 heteroatoms. The van der Waals surface area contributed by atoms with Gasteiger partial charge in [0.2, 0.25) is 0 Å². The number of rotatable bonds is 4. The molecule has 3 rings (SSSR count). The van der Waals surface area contributed by atoms with Gasteiger partial charge >= 0.3 is 0 Å². The third kappa shape index (κ3) is 2.32. The second-order valence-corrected chi connectivity index (χ2v) is 6.93. The molecule has 0 unspecified atom stereocenters. The smallest absolute Gasteiger partial charge is 0.179 e. The van der Waals surface area contributed by atoms with Crippen LogP contribution in [0.25, 0.3) is 11.2 Å². The van der Waals surface area contributed by atoms with Gasteiger partial charge in [-0.25, -0.2) is 0 Å². The topological polar surface area (TPSA) is 38.5 Å². The molecule has 0 amide bonds. The van der Waals surface area contributed by atoms with E-state index in [0.29, 0.717) is 0 Å². The van der Waals surface area contributed by atoms with E-state index in [1.54, 1.807) is 11.3 Å². The molecular formula is C13H15ClN4S2. The normalized spacial score (nSPS) is 11.6. The van der Waals surface area contributed by atoms with Crippen molar-refractivity contribution in [3.8, 4) is 0 Å². The Morgan fingerprint density at radius 3 is 2.90 bits per heavy atom. The van der Waals surface area contributed by atoms with E-state index in [1.165, 1.54) is 4.88 Å². The van der Waals surface area contributed by atoms with Gasteiger partial charge in [-0.05, 0) is 30.8 Å². The SMILES string of the molecule is CCCc1nn(C)c2c1[nH]c(=S)n2Cc1ccc(Cl)s1. The molecule has 0 radical (unpaired) electrons. The summed E-state index contributed by atoms with van der Waals surface area (Å²) in [6.45, 7) is 2.88. The second-order valence-electron chi connectivity index (χ2n) is 4.74. The first-order valence-corrected chi connectivity index (χ1v) is 8.09. The zero-order valence-electron chi connectivity index (χ0n) is 11.3. The van der Waals surface area contributed by atoms with Gasteiger partial charge in [0.05, 0.1) is 16.6 Å². The predicted octanol–water partition coefficient (Wildman–Crippen LogP) is 4.15. The summed E-state index contributed by atoms with van der Waals surface area (Å²) < 4.78 is 5.52. The Labute approximate surface area is 131 Å². The van der Waals surface area contributed by atoms with Crippen LogP contribution in [0.15, 0.2) is 12.1 Å². The standard InChI is InChI=1S/C13H15ClN4S2/c1-3-4-9-11-12(17(2)16-9)18(13(19)15-11)7-8-5-6-10(14)20-8/h5-6H,3-4,7H2,1-2H3,(H,15,19). The summed E-state index contributed by atoms with van der Waals surface area (Å²) in [5, 5.41) is 4.58. The van der Waals surface area contributed by atoms with Crippen LogP contribution < -0.4 is 0 Å². The van der Waals surface area contributed by atoms with Crippen LogP contribution in [0.5, 0.6) is 0 Å². The van der Waals surface area contributed by atoms with E-state index in [9.17, 15) is 0 Å². The maximum absolute atomic E-state index is 5.99. The summed E-state index contributed by atoms with van der Waals surface area (Å²) in [6.07, 6.45) is 2.02. The highest BCUT2D eigenvalue weighted by Gasteiger charge is 2.15. The highest BCUT2D eigenvalue weighted by Crippen LogP contribution is 2.25. The zero-order chi connectivity index (χ0) is 14.3. The fourth-order valence-corrected chi connectivity index (χ4v) is 3.76. The lowest BCUT2D eigenvalue weighted by atomic mass is 10.2. The minimum atomic E-state index is 0.724. The molecule has 20 heavy (non-hydrogen) atoms. The van der Waals surface area contributed by atoms with Gasteiger partial charge in [-0.3, -0.25) is 9.25 Å². The molecule has 4 nitrogen and oxygen atoms in total. The molecule has 3 heterocycles. The van der Waals surface area contributed by atoms with Crippen LogP contribution in [0.4, 0.5) is 0 Å². The average Bonchev–Trinajstić information content (AvgIpc) is 3.02. The summed E-state index contributed by atoms with van der Waals surface area (Å²) in [4.78, 5) is 4.48. The second kappa shape index (κ2) is 5.35. The summed E-state index contributed by atoms with van der Waals surface area (Å²) in [5.74, 6) is 0.